The van der Waals surface area contributed by atoms with Crippen LogP contribution in [0.25, 0.3) is 0 Å². The summed E-state index contributed by atoms with van der Waals surface area (Å²) in [6.45, 7) is 5.64. The quantitative estimate of drug-likeness (QED) is 0.308. The Kier molecular flexibility index (Phi) is 5.25. The van der Waals surface area contributed by atoms with E-state index < -0.39 is 5.41 Å². The lowest BCUT2D eigenvalue weighted by Crippen LogP contribution is -2.47. The molecule has 6 nitrogen and oxygen atoms in total. The number of likely N-dealkylation sites (tertiary alicyclic amines) is 1. The van der Waals surface area contributed by atoms with Crippen molar-refractivity contribution < 1.29 is 10.0 Å². The molecule has 0 aromatic rings. The Hall–Kier alpha value is -1.46. The molecular weight excluding hydrogens is 232 g/mol. The molecule has 0 bridgehead atoms. The molecule has 0 aromatic carbocycles. The zero-order valence-electron chi connectivity index (χ0n) is 11.3. The average Bonchev–Trinajstić information content (AvgIpc) is 2.63. The second-order valence-electron chi connectivity index (χ2n) is 5.43. The first-order chi connectivity index (χ1) is 8.47. The van der Waals surface area contributed by atoms with Gasteiger partial charge in [-0.3, -0.25) is 0 Å². The highest BCUT2D eigenvalue weighted by molar-refractivity contribution is 5.86. The Morgan fingerprint density at radius 2 is 1.89 bits per heavy atom. The highest BCUT2D eigenvalue weighted by Gasteiger charge is 2.25. The van der Waals surface area contributed by atoms with Crippen molar-refractivity contribution in [2.45, 2.75) is 39.5 Å². The third-order valence-corrected chi connectivity index (χ3v) is 3.38. The minimum absolute atomic E-state index is 0.0595. The fourth-order valence-corrected chi connectivity index (χ4v) is 1.91. The fraction of sp³-hybridized carbons (Fsp3) is 0.833. The van der Waals surface area contributed by atoms with E-state index in [0.717, 1.165) is 25.9 Å². The summed E-state index contributed by atoms with van der Waals surface area (Å²) in [6.07, 6.45) is 4.52. The Labute approximate surface area is 108 Å². The van der Waals surface area contributed by atoms with Gasteiger partial charge in [0.2, 0.25) is 0 Å². The first-order valence-electron chi connectivity index (χ1n) is 6.48. The smallest absolute Gasteiger partial charge is 0.317 e. The monoisotopic (exact) mass is 256 g/mol. The van der Waals surface area contributed by atoms with E-state index in [1.165, 1.54) is 12.8 Å². The maximum atomic E-state index is 12.0. The molecule has 1 aliphatic heterocycles. The second-order valence-corrected chi connectivity index (χ2v) is 5.43. The average molecular weight is 256 g/mol. The van der Waals surface area contributed by atoms with Crippen LogP contribution in [-0.4, -0.2) is 41.6 Å². The number of hydrogen-bond donors (Lipinski definition) is 3. The summed E-state index contributed by atoms with van der Waals surface area (Å²) < 4.78 is 0. The van der Waals surface area contributed by atoms with E-state index in [4.69, 9.17) is 10.9 Å². The van der Waals surface area contributed by atoms with Crippen molar-refractivity contribution in [2.75, 3.05) is 19.6 Å². The summed E-state index contributed by atoms with van der Waals surface area (Å²) in [7, 11) is 0. The van der Waals surface area contributed by atoms with E-state index in [1.54, 1.807) is 0 Å². The van der Waals surface area contributed by atoms with Gasteiger partial charge in [0.1, 0.15) is 5.84 Å². The van der Waals surface area contributed by atoms with E-state index in [-0.39, 0.29) is 11.9 Å². The third kappa shape index (κ3) is 4.09. The predicted octanol–water partition coefficient (Wildman–Crippen LogP) is 1.34. The molecule has 1 heterocycles. The third-order valence-electron chi connectivity index (χ3n) is 3.38. The van der Waals surface area contributed by atoms with Crippen LogP contribution in [0.4, 0.5) is 4.79 Å². The van der Waals surface area contributed by atoms with Gasteiger partial charge in [0, 0.05) is 25.0 Å². The fourth-order valence-electron chi connectivity index (χ4n) is 1.91. The van der Waals surface area contributed by atoms with Crippen molar-refractivity contribution in [1.82, 2.24) is 10.2 Å². The van der Waals surface area contributed by atoms with Crippen molar-refractivity contribution in [3.8, 4) is 0 Å². The van der Waals surface area contributed by atoms with Crippen molar-refractivity contribution >= 4 is 11.9 Å². The van der Waals surface area contributed by atoms with Crippen LogP contribution < -0.4 is 11.1 Å². The number of hydrogen-bond acceptors (Lipinski definition) is 3. The number of nitrogens with two attached hydrogens (primary N) is 1. The van der Waals surface area contributed by atoms with Crippen LogP contribution in [0.1, 0.15) is 39.5 Å². The first-order valence-corrected chi connectivity index (χ1v) is 6.48. The lowest BCUT2D eigenvalue weighted by molar-refractivity contribution is 0.197. The van der Waals surface area contributed by atoms with Gasteiger partial charge in [-0.25, -0.2) is 4.79 Å². The highest BCUT2D eigenvalue weighted by Crippen LogP contribution is 2.14. The van der Waals surface area contributed by atoms with Crippen LogP contribution in [0.3, 0.4) is 0 Å². The zero-order valence-corrected chi connectivity index (χ0v) is 11.3. The highest BCUT2D eigenvalue weighted by atomic mass is 16.4. The molecule has 0 spiro atoms. The summed E-state index contributed by atoms with van der Waals surface area (Å²) in [6, 6.07) is -0.0595. The minimum atomic E-state index is -0.545. The molecule has 2 amide bonds. The molecule has 1 fully saturated rings. The molecule has 18 heavy (non-hydrogen) atoms. The Balaban J connectivity index is 2.44. The number of carbonyl (C=O) groups excluding carboxylic acids is 1. The predicted molar refractivity (Wildman–Crippen MR) is 70.6 cm³/mol. The number of amidine groups is 1. The van der Waals surface area contributed by atoms with Gasteiger partial charge in [-0.05, 0) is 12.8 Å². The first kappa shape index (κ1) is 14.6. The number of urea groups is 1. The van der Waals surface area contributed by atoms with E-state index in [1.807, 2.05) is 18.7 Å². The van der Waals surface area contributed by atoms with Crippen molar-refractivity contribution in [1.29, 1.82) is 0 Å². The van der Waals surface area contributed by atoms with E-state index >= 15 is 0 Å². The van der Waals surface area contributed by atoms with Gasteiger partial charge in [-0.1, -0.05) is 31.8 Å². The Bertz CT molecular complexity index is 307. The topological polar surface area (TPSA) is 91.0 Å². The largest absolute Gasteiger partial charge is 0.409 e. The van der Waals surface area contributed by atoms with Gasteiger partial charge in [-0.15, -0.1) is 0 Å². The molecule has 0 aromatic heterocycles. The van der Waals surface area contributed by atoms with Crippen LogP contribution in [-0.2, 0) is 0 Å². The standard InChI is InChI=1S/C12H24N4O2/c1-12(2,10(13)15-18)9-14-11(17)16-7-5-3-4-6-8-16/h18H,3-9H2,1-2H3,(H2,13,15)(H,14,17). The zero-order chi connectivity index (χ0) is 13.6. The molecule has 0 atom stereocenters. The number of carbonyl (C=O) groups is 1. The number of rotatable bonds is 3. The molecule has 1 rings (SSSR count). The van der Waals surface area contributed by atoms with Gasteiger partial charge in [0.15, 0.2) is 0 Å². The lowest BCUT2D eigenvalue weighted by Gasteiger charge is -2.26. The number of amides is 2. The van der Waals surface area contributed by atoms with Gasteiger partial charge in [-0.2, -0.15) is 0 Å². The minimum Gasteiger partial charge on any atom is -0.409 e. The Morgan fingerprint density at radius 3 is 2.39 bits per heavy atom. The molecule has 6 heteroatoms. The van der Waals surface area contributed by atoms with Gasteiger partial charge < -0.3 is 21.2 Å². The van der Waals surface area contributed by atoms with Crippen molar-refractivity contribution in [2.24, 2.45) is 16.3 Å². The van der Waals surface area contributed by atoms with Crippen LogP contribution in [0.5, 0.6) is 0 Å². The van der Waals surface area contributed by atoms with E-state index in [9.17, 15) is 4.79 Å². The molecule has 1 aliphatic rings. The number of oxime groups is 1. The van der Waals surface area contributed by atoms with Gasteiger partial charge >= 0.3 is 6.03 Å². The van der Waals surface area contributed by atoms with Crippen LogP contribution >= 0.6 is 0 Å². The van der Waals surface area contributed by atoms with E-state index in [0.29, 0.717) is 6.54 Å². The summed E-state index contributed by atoms with van der Waals surface area (Å²) >= 11 is 0. The second kappa shape index (κ2) is 6.47. The van der Waals surface area contributed by atoms with Crippen LogP contribution in [0.15, 0.2) is 5.16 Å². The summed E-state index contributed by atoms with van der Waals surface area (Å²) in [5.74, 6) is 0.124. The van der Waals surface area contributed by atoms with Gasteiger partial charge in [0.25, 0.3) is 0 Å². The normalized spacial score (nSPS) is 18.3. The molecule has 1 saturated heterocycles. The molecule has 0 aliphatic carbocycles. The number of nitrogens with zero attached hydrogens (tertiary/aromatic N) is 2. The molecule has 0 radical (unpaired) electrons. The van der Waals surface area contributed by atoms with Crippen LogP contribution in [0.2, 0.25) is 0 Å². The molecule has 0 saturated carbocycles. The SMILES string of the molecule is CC(C)(CNC(=O)N1CCCCCC1)C(N)=NO. The summed E-state index contributed by atoms with van der Waals surface area (Å²) in [4.78, 5) is 13.8. The molecule has 0 unspecified atom stereocenters. The summed E-state index contributed by atoms with van der Waals surface area (Å²) in [5.41, 5.74) is 5.03. The van der Waals surface area contributed by atoms with Gasteiger partial charge in [0.05, 0.1) is 0 Å². The van der Waals surface area contributed by atoms with Crippen molar-refractivity contribution in [3.05, 3.63) is 0 Å². The summed E-state index contributed by atoms with van der Waals surface area (Å²) in [5, 5.41) is 14.5. The number of nitrogens with one attached hydrogen (secondary N) is 1. The molecule has 4 N–H and O–H groups in total. The lowest BCUT2D eigenvalue weighted by atomic mass is 9.92. The van der Waals surface area contributed by atoms with Crippen LogP contribution in [0, 0.1) is 5.41 Å². The molecular formula is C12H24N4O2. The maximum absolute atomic E-state index is 12.0. The molecule has 104 valence electrons. The maximum Gasteiger partial charge on any atom is 0.317 e. The van der Waals surface area contributed by atoms with Crippen molar-refractivity contribution in [3.63, 3.8) is 0 Å². The van der Waals surface area contributed by atoms with E-state index in [2.05, 4.69) is 10.5 Å². The Morgan fingerprint density at radius 1 is 1.33 bits per heavy atom.